The van der Waals surface area contributed by atoms with Gasteiger partial charge in [-0.3, -0.25) is 9.52 Å². The maximum Gasteiger partial charge on any atom is 0.239 e. The highest BCUT2D eigenvalue weighted by Crippen LogP contribution is 2.43. The van der Waals surface area contributed by atoms with Crippen LogP contribution in [-0.4, -0.2) is 20.6 Å². The Bertz CT molecular complexity index is 298. The Balaban J connectivity index is 2.67. The van der Waals surface area contributed by atoms with Gasteiger partial charge in [-0.05, 0) is 19.3 Å². The Hall–Kier alpha value is -0.580. The fourth-order valence-corrected chi connectivity index (χ4v) is 2.17. The maximum atomic E-state index is 11.5. The molecule has 0 unspecified atom stereocenters. The molecule has 0 aliphatic heterocycles. The highest BCUT2D eigenvalue weighted by molar-refractivity contribution is 7.89. The van der Waals surface area contributed by atoms with Crippen LogP contribution in [0.3, 0.4) is 0 Å². The average Bonchev–Trinajstić information content (AvgIpc) is 1.80. The second-order valence-electron chi connectivity index (χ2n) is 3.69. The molecule has 0 aromatic heterocycles. The molecule has 0 atom stereocenters. The molecule has 1 fully saturated rings. The second-order valence-corrected chi connectivity index (χ2v) is 5.44. The Morgan fingerprint density at radius 2 is 2.00 bits per heavy atom. The number of hydrogen-bond acceptors (Lipinski definition) is 3. The number of carbonyl (C=O) groups is 1. The monoisotopic (exact) mass is 205 g/mol. The normalized spacial score (nSPS) is 20.5. The van der Waals surface area contributed by atoms with Crippen LogP contribution in [0.2, 0.25) is 0 Å². The van der Waals surface area contributed by atoms with E-state index in [1.807, 2.05) is 11.6 Å². The first-order chi connectivity index (χ1) is 5.90. The lowest BCUT2D eigenvalue weighted by atomic mass is 9.66. The van der Waals surface area contributed by atoms with Gasteiger partial charge < -0.3 is 0 Å². The van der Waals surface area contributed by atoms with Crippen molar-refractivity contribution in [3.63, 3.8) is 0 Å². The van der Waals surface area contributed by atoms with E-state index in [9.17, 15) is 13.2 Å². The largest absolute Gasteiger partial charge is 0.273 e. The highest BCUT2D eigenvalue weighted by Gasteiger charge is 2.43. The minimum Gasteiger partial charge on any atom is -0.273 e. The Kier molecular flexibility index (Phi) is 2.66. The standard InChI is InChI=1S/C8H15NO3S/c1-3-8(5-4-6-8)7(10)9-13(2,11)12/h3-6H2,1-2H3,(H,9,10). The first-order valence-corrected chi connectivity index (χ1v) is 6.31. The van der Waals surface area contributed by atoms with Crippen molar-refractivity contribution in [1.29, 1.82) is 0 Å². The lowest BCUT2D eigenvalue weighted by Gasteiger charge is -2.38. The van der Waals surface area contributed by atoms with E-state index in [0.29, 0.717) is 6.42 Å². The molecule has 0 aromatic rings. The summed E-state index contributed by atoms with van der Waals surface area (Å²) in [4.78, 5) is 11.5. The minimum atomic E-state index is -3.39. The summed E-state index contributed by atoms with van der Waals surface area (Å²) in [5, 5.41) is 0. The number of hydrogen-bond donors (Lipinski definition) is 1. The molecule has 13 heavy (non-hydrogen) atoms. The molecule has 76 valence electrons. The quantitative estimate of drug-likeness (QED) is 0.735. The summed E-state index contributed by atoms with van der Waals surface area (Å²) in [7, 11) is -3.39. The third-order valence-corrected chi connectivity index (χ3v) is 3.30. The molecule has 0 saturated heterocycles. The molecule has 1 amide bonds. The molecule has 0 aromatic carbocycles. The summed E-state index contributed by atoms with van der Waals surface area (Å²) in [5.41, 5.74) is -0.400. The van der Waals surface area contributed by atoms with Crippen molar-refractivity contribution in [3.05, 3.63) is 0 Å². The van der Waals surface area contributed by atoms with Crippen molar-refractivity contribution < 1.29 is 13.2 Å². The van der Waals surface area contributed by atoms with Crippen molar-refractivity contribution in [2.24, 2.45) is 5.41 Å². The van der Waals surface area contributed by atoms with Gasteiger partial charge in [0.15, 0.2) is 0 Å². The van der Waals surface area contributed by atoms with E-state index in [1.165, 1.54) is 0 Å². The van der Waals surface area contributed by atoms with Gasteiger partial charge in [0.1, 0.15) is 0 Å². The van der Waals surface area contributed by atoms with Gasteiger partial charge in [0, 0.05) is 5.41 Å². The highest BCUT2D eigenvalue weighted by atomic mass is 32.2. The van der Waals surface area contributed by atoms with Gasteiger partial charge in [0.05, 0.1) is 6.26 Å². The van der Waals surface area contributed by atoms with Gasteiger partial charge in [0.2, 0.25) is 15.9 Å². The molecule has 1 rings (SSSR count). The van der Waals surface area contributed by atoms with E-state index in [2.05, 4.69) is 0 Å². The number of amides is 1. The number of carbonyl (C=O) groups excluding carboxylic acids is 1. The average molecular weight is 205 g/mol. The zero-order chi connectivity index (χ0) is 10.1. The zero-order valence-corrected chi connectivity index (χ0v) is 8.78. The van der Waals surface area contributed by atoms with Crippen molar-refractivity contribution in [1.82, 2.24) is 4.72 Å². The van der Waals surface area contributed by atoms with Crippen LogP contribution in [0.4, 0.5) is 0 Å². The second kappa shape index (κ2) is 3.29. The van der Waals surface area contributed by atoms with Crippen LogP contribution in [0.25, 0.3) is 0 Å². The van der Waals surface area contributed by atoms with Crippen LogP contribution in [0, 0.1) is 5.41 Å². The molecular weight excluding hydrogens is 190 g/mol. The summed E-state index contributed by atoms with van der Waals surface area (Å²) in [6.07, 6.45) is 4.36. The van der Waals surface area contributed by atoms with E-state index in [4.69, 9.17) is 0 Å². The van der Waals surface area contributed by atoms with Gasteiger partial charge in [-0.2, -0.15) is 0 Å². The van der Waals surface area contributed by atoms with Crippen molar-refractivity contribution in [2.45, 2.75) is 32.6 Å². The molecule has 0 bridgehead atoms. The van der Waals surface area contributed by atoms with E-state index in [1.54, 1.807) is 0 Å². The van der Waals surface area contributed by atoms with Gasteiger partial charge in [-0.1, -0.05) is 13.3 Å². The smallest absolute Gasteiger partial charge is 0.239 e. The minimum absolute atomic E-state index is 0.330. The van der Waals surface area contributed by atoms with Gasteiger partial charge >= 0.3 is 0 Å². The predicted octanol–water partition coefficient (Wildman–Crippen LogP) is 0.642. The van der Waals surface area contributed by atoms with Crippen LogP contribution in [-0.2, 0) is 14.8 Å². The molecule has 0 radical (unpaired) electrons. The fourth-order valence-electron chi connectivity index (χ4n) is 1.62. The van der Waals surface area contributed by atoms with Crippen molar-refractivity contribution in [3.8, 4) is 0 Å². The predicted molar refractivity (Wildman–Crippen MR) is 49.6 cm³/mol. The van der Waals surface area contributed by atoms with E-state index in [-0.39, 0.29) is 5.91 Å². The summed E-state index contributed by atoms with van der Waals surface area (Å²) in [6.45, 7) is 1.92. The Labute approximate surface area is 78.8 Å². The number of sulfonamides is 1. The van der Waals surface area contributed by atoms with Crippen LogP contribution < -0.4 is 4.72 Å². The Morgan fingerprint density at radius 1 is 1.46 bits per heavy atom. The van der Waals surface area contributed by atoms with Gasteiger partial charge in [-0.15, -0.1) is 0 Å². The first kappa shape index (κ1) is 10.5. The molecule has 1 saturated carbocycles. The van der Waals surface area contributed by atoms with Crippen LogP contribution in [0.15, 0.2) is 0 Å². The molecule has 0 heterocycles. The summed E-state index contributed by atoms with van der Waals surface area (Å²) < 4.78 is 23.7. The first-order valence-electron chi connectivity index (χ1n) is 4.42. The van der Waals surface area contributed by atoms with E-state index in [0.717, 1.165) is 25.5 Å². The summed E-state index contributed by atoms with van der Waals surface area (Å²) >= 11 is 0. The molecule has 4 nitrogen and oxygen atoms in total. The van der Waals surface area contributed by atoms with Gasteiger partial charge in [0.25, 0.3) is 0 Å². The fraction of sp³-hybridized carbons (Fsp3) is 0.875. The lowest BCUT2D eigenvalue weighted by molar-refractivity contribution is -0.134. The van der Waals surface area contributed by atoms with E-state index < -0.39 is 15.4 Å². The van der Waals surface area contributed by atoms with Crippen molar-refractivity contribution >= 4 is 15.9 Å². The zero-order valence-electron chi connectivity index (χ0n) is 7.96. The SMILES string of the molecule is CCC1(C(=O)NS(C)(=O)=O)CCC1. The molecular formula is C8H15NO3S. The molecule has 1 N–H and O–H groups in total. The van der Waals surface area contributed by atoms with Crippen molar-refractivity contribution in [2.75, 3.05) is 6.26 Å². The molecule has 1 aliphatic carbocycles. The van der Waals surface area contributed by atoms with Crippen LogP contribution in [0.1, 0.15) is 32.6 Å². The van der Waals surface area contributed by atoms with Gasteiger partial charge in [-0.25, -0.2) is 8.42 Å². The number of nitrogens with one attached hydrogen (secondary N) is 1. The van der Waals surface area contributed by atoms with Crippen LogP contribution in [0.5, 0.6) is 0 Å². The third-order valence-electron chi connectivity index (χ3n) is 2.75. The number of rotatable bonds is 3. The molecule has 5 heteroatoms. The third kappa shape index (κ3) is 2.21. The lowest BCUT2D eigenvalue weighted by Crippen LogP contribution is -2.46. The molecule has 1 aliphatic rings. The summed E-state index contributed by atoms with van der Waals surface area (Å²) in [6, 6.07) is 0. The topological polar surface area (TPSA) is 63.2 Å². The maximum absolute atomic E-state index is 11.5. The van der Waals surface area contributed by atoms with E-state index >= 15 is 0 Å². The molecule has 0 spiro atoms. The summed E-state index contributed by atoms with van der Waals surface area (Å²) in [5.74, 6) is -0.330. The van der Waals surface area contributed by atoms with Crippen LogP contribution >= 0.6 is 0 Å². The Morgan fingerprint density at radius 3 is 2.23 bits per heavy atom.